The molecular weight excluding hydrogens is 236 g/mol. The van der Waals surface area contributed by atoms with E-state index in [1.165, 1.54) is 0 Å². The van der Waals surface area contributed by atoms with Crippen molar-refractivity contribution in [1.29, 1.82) is 0 Å². The van der Waals surface area contributed by atoms with Crippen LogP contribution in [-0.2, 0) is 23.7 Å². The van der Waals surface area contributed by atoms with Gasteiger partial charge in [0.05, 0.1) is 6.10 Å². The van der Waals surface area contributed by atoms with Crippen molar-refractivity contribution >= 4 is 0 Å². The van der Waals surface area contributed by atoms with Gasteiger partial charge in [0.15, 0.2) is 17.9 Å². The van der Waals surface area contributed by atoms with Gasteiger partial charge in [-0.3, -0.25) is 0 Å². The van der Waals surface area contributed by atoms with E-state index in [2.05, 4.69) is 0 Å². The fourth-order valence-corrected chi connectivity index (χ4v) is 2.88. The highest BCUT2D eigenvalue weighted by Gasteiger charge is 2.60. The van der Waals surface area contributed by atoms with Crippen LogP contribution < -0.4 is 0 Å². The standard InChI is InChI=1S/C13H20O5/c1-6-7-8-9(16-12(2,3)15-8)10-11(14-7)18-13(4,5)17-10/h1,7-11H,6H2,2-5H3/t7-,8+,9+,10-,11-/m1/s1. The fraction of sp³-hybridized carbons (Fsp3) is 0.923. The van der Waals surface area contributed by atoms with Crippen LogP contribution >= 0.6 is 0 Å². The summed E-state index contributed by atoms with van der Waals surface area (Å²) in [6.07, 6.45) is -0.969. The van der Waals surface area contributed by atoms with E-state index >= 15 is 0 Å². The predicted molar refractivity (Wildman–Crippen MR) is 61.4 cm³/mol. The zero-order valence-corrected chi connectivity index (χ0v) is 11.2. The molecule has 3 aliphatic rings. The molecule has 0 saturated carbocycles. The van der Waals surface area contributed by atoms with Gasteiger partial charge in [-0.15, -0.1) is 0 Å². The summed E-state index contributed by atoms with van der Waals surface area (Å²) < 4.78 is 29.2. The van der Waals surface area contributed by atoms with Gasteiger partial charge in [0.2, 0.25) is 0 Å². The Morgan fingerprint density at radius 3 is 2.06 bits per heavy atom. The molecule has 18 heavy (non-hydrogen) atoms. The molecule has 0 aromatic rings. The number of ether oxygens (including phenoxy) is 5. The topological polar surface area (TPSA) is 46.2 Å². The predicted octanol–water partition coefficient (Wildman–Crippen LogP) is 1.48. The molecule has 3 heterocycles. The second-order valence-electron chi connectivity index (χ2n) is 5.94. The Hall–Kier alpha value is -0.200. The van der Waals surface area contributed by atoms with Gasteiger partial charge >= 0.3 is 0 Å². The Balaban J connectivity index is 1.86. The smallest absolute Gasteiger partial charge is 0.190 e. The lowest BCUT2D eigenvalue weighted by Gasteiger charge is -2.36. The van der Waals surface area contributed by atoms with Gasteiger partial charge < -0.3 is 23.7 Å². The molecule has 0 aromatic heterocycles. The molecule has 5 atom stereocenters. The maximum atomic E-state index is 5.93. The lowest BCUT2D eigenvalue weighted by atomic mass is 9.97. The second-order valence-corrected chi connectivity index (χ2v) is 5.94. The summed E-state index contributed by atoms with van der Waals surface area (Å²) in [4.78, 5) is 0. The Labute approximate surface area is 108 Å². The van der Waals surface area contributed by atoms with Crippen molar-refractivity contribution in [2.45, 2.75) is 76.4 Å². The number of hydrogen-bond acceptors (Lipinski definition) is 5. The van der Waals surface area contributed by atoms with Crippen LogP contribution in [0.3, 0.4) is 0 Å². The molecule has 0 amide bonds. The van der Waals surface area contributed by atoms with E-state index in [1.807, 2.05) is 27.7 Å². The van der Waals surface area contributed by atoms with Crippen molar-refractivity contribution in [3.63, 3.8) is 0 Å². The van der Waals surface area contributed by atoms with Crippen LogP contribution in [0.15, 0.2) is 0 Å². The summed E-state index contributed by atoms with van der Waals surface area (Å²) in [7, 11) is 0. The lowest BCUT2D eigenvalue weighted by Crippen LogP contribution is -2.54. The molecule has 0 aliphatic carbocycles. The van der Waals surface area contributed by atoms with Crippen molar-refractivity contribution in [1.82, 2.24) is 0 Å². The average Bonchev–Trinajstić information content (AvgIpc) is 2.71. The molecule has 0 spiro atoms. The molecule has 5 nitrogen and oxygen atoms in total. The molecule has 5 heteroatoms. The van der Waals surface area contributed by atoms with Crippen LogP contribution in [0.1, 0.15) is 34.1 Å². The first-order chi connectivity index (χ1) is 8.31. The van der Waals surface area contributed by atoms with Crippen LogP contribution in [0, 0.1) is 6.92 Å². The molecule has 0 aromatic carbocycles. The molecule has 0 N–H and O–H groups in total. The van der Waals surface area contributed by atoms with Gasteiger partial charge in [-0.05, 0) is 41.0 Å². The fourth-order valence-electron chi connectivity index (χ4n) is 2.88. The van der Waals surface area contributed by atoms with Gasteiger partial charge in [0, 0.05) is 0 Å². The van der Waals surface area contributed by atoms with E-state index in [9.17, 15) is 0 Å². The number of hydrogen-bond donors (Lipinski definition) is 0. The molecular formula is C13H20O5. The quantitative estimate of drug-likeness (QED) is 0.711. The van der Waals surface area contributed by atoms with Crippen molar-refractivity contribution in [3.05, 3.63) is 6.92 Å². The van der Waals surface area contributed by atoms with Crippen LogP contribution in [0.25, 0.3) is 0 Å². The first kappa shape index (κ1) is 12.8. The van der Waals surface area contributed by atoms with E-state index in [1.54, 1.807) is 0 Å². The monoisotopic (exact) mass is 256 g/mol. The summed E-state index contributed by atoms with van der Waals surface area (Å²) in [6, 6.07) is 0. The van der Waals surface area contributed by atoms with Crippen molar-refractivity contribution < 1.29 is 23.7 Å². The second kappa shape index (κ2) is 3.90. The normalized spacial score (nSPS) is 48.8. The average molecular weight is 256 g/mol. The third-order valence-electron chi connectivity index (χ3n) is 3.48. The maximum Gasteiger partial charge on any atom is 0.190 e. The van der Waals surface area contributed by atoms with Crippen molar-refractivity contribution in [2.75, 3.05) is 0 Å². The van der Waals surface area contributed by atoms with E-state index < -0.39 is 17.9 Å². The minimum absolute atomic E-state index is 0.200. The molecule has 3 fully saturated rings. The first-order valence-electron chi connectivity index (χ1n) is 6.38. The summed E-state index contributed by atoms with van der Waals surface area (Å²) in [5.41, 5.74) is 0. The number of fused-ring (bicyclic) bond motifs is 3. The van der Waals surface area contributed by atoms with Gasteiger partial charge in [0.25, 0.3) is 0 Å². The van der Waals surface area contributed by atoms with E-state index in [4.69, 9.17) is 30.6 Å². The summed E-state index contributed by atoms with van der Waals surface area (Å²) >= 11 is 0. The third-order valence-corrected chi connectivity index (χ3v) is 3.48. The first-order valence-corrected chi connectivity index (χ1v) is 6.38. The van der Waals surface area contributed by atoms with Crippen LogP contribution in [0.2, 0.25) is 0 Å². The summed E-state index contributed by atoms with van der Waals surface area (Å²) in [5.74, 6) is -1.31. The van der Waals surface area contributed by atoms with E-state index in [-0.39, 0.29) is 24.4 Å². The van der Waals surface area contributed by atoms with E-state index in [0.717, 1.165) is 0 Å². The van der Waals surface area contributed by atoms with E-state index in [0.29, 0.717) is 6.42 Å². The highest BCUT2D eigenvalue weighted by molar-refractivity contribution is 5.00. The van der Waals surface area contributed by atoms with Crippen LogP contribution in [0.4, 0.5) is 0 Å². The molecule has 0 bridgehead atoms. The molecule has 3 rings (SSSR count). The Kier molecular flexibility index (Phi) is 2.78. The largest absolute Gasteiger partial charge is 0.344 e. The van der Waals surface area contributed by atoms with Gasteiger partial charge in [-0.25, -0.2) is 0 Å². The Bertz CT molecular complexity index is 340. The third kappa shape index (κ3) is 1.98. The maximum absolute atomic E-state index is 5.93. The van der Waals surface area contributed by atoms with Gasteiger partial charge in [-0.1, -0.05) is 0 Å². The summed E-state index contributed by atoms with van der Waals surface area (Å²) in [5, 5.41) is 0. The van der Waals surface area contributed by atoms with Crippen LogP contribution in [-0.4, -0.2) is 42.3 Å². The zero-order chi connectivity index (χ0) is 13.1. The zero-order valence-electron chi connectivity index (χ0n) is 11.2. The van der Waals surface area contributed by atoms with Crippen molar-refractivity contribution in [3.8, 4) is 0 Å². The minimum Gasteiger partial charge on any atom is -0.344 e. The molecule has 102 valence electrons. The molecule has 0 unspecified atom stereocenters. The van der Waals surface area contributed by atoms with Gasteiger partial charge in [-0.2, -0.15) is 0 Å². The number of rotatable bonds is 1. The van der Waals surface area contributed by atoms with Crippen molar-refractivity contribution in [2.24, 2.45) is 0 Å². The minimum atomic E-state index is -0.667. The van der Waals surface area contributed by atoms with Crippen LogP contribution in [0.5, 0.6) is 0 Å². The summed E-state index contributed by atoms with van der Waals surface area (Å²) in [6.45, 7) is 13.2. The Morgan fingerprint density at radius 2 is 1.39 bits per heavy atom. The highest BCUT2D eigenvalue weighted by Crippen LogP contribution is 2.44. The lowest BCUT2D eigenvalue weighted by molar-refractivity contribution is -0.232. The molecule has 3 saturated heterocycles. The van der Waals surface area contributed by atoms with Gasteiger partial charge in [0.1, 0.15) is 18.3 Å². The SMILES string of the molecule is [CH]C[C@H]1O[C@@H]2OC(C)(C)O[C@@H]2[C@H]2OC(C)(C)O[C@H]21. The Morgan fingerprint density at radius 1 is 0.833 bits per heavy atom. The highest BCUT2D eigenvalue weighted by atomic mass is 16.9. The molecule has 3 aliphatic heterocycles. The molecule has 2 radical (unpaired) electrons.